The molecule has 9 heteroatoms. The van der Waals surface area contributed by atoms with Gasteiger partial charge in [0.2, 0.25) is 11.8 Å². The lowest BCUT2D eigenvalue weighted by Crippen LogP contribution is -2.55. The van der Waals surface area contributed by atoms with Gasteiger partial charge in [0, 0.05) is 39.3 Å². The molecule has 6 nitrogen and oxygen atoms in total. The molecule has 0 bridgehead atoms. The minimum absolute atomic E-state index is 0.0223. The van der Waals surface area contributed by atoms with E-state index in [-0.39, 0.29) is 24.2 Å². The van der Waals surface area contributed by atoms with E-state index in [1.807, 2.05) is 16.7 Å². The van der Waals surface area contributed by atoms with E-state index in [0.717, 1.165) is 32.0 Å². The number of benzene rings is 1. The van der Waals surface area contributed by atoms with Crippen molar-refractivity contribution in [1.29, 1.82) is 0 Å². The molecule has 0 aliphatic carbocycles. The zero-order chi connectivity index (χ0) is 21.0. The number of nitrogens with one attached hydrogen (secondary N) is 1. The number of carbonyl (C=O) groups is 2. The van der Waals surface area contributed by atoms with Crippen LogP contribution in [-0.2, 0) is 15.8 Å². The number of hydrogen-bond acceptors (Lipinski definition) is 4. The van der Waals surface area contributed by atoms with E-state index in [4.69, 9.17) is 0 Å². The maximum atomic E-state index is 13.1. The molecule has 0 saturated carbocycles. The Bertz CT molecular complexity index is 727. The molecule has 1 aromatic rings. The summed E-state index contributed by atoms with van der Waals surface area (Å²) in [4.78, 5) is 30.7. The molecule has 2 saturated heterocycles. The number of carbonyl (C=O) groups excluding carboxylic acids is 2. The van der Waals surface area contributed by atoms with Gasteiger partial charge < -0.3 is 10.2 Å². The molecule has 2 aliphatic heterocycles. The fraction of sp³-hybridized carbons (Fsp3) is 0.600. The first kappa shape index (κ1) is 21.6. The van der Waals surface area contributed by atoms with Gasteiger partial charge in [-0.3, -0.25) is 19.4 Å². The van der Waals surface area contributed by atoms with Gasteiger partial charge in [-0.25, -0.2) is 0 Å². The third kappa shape index (κ3) is 5.48. The molecule has 29 heavy (non-hydrogen) atoms. The molecule has 0 aromatic heterocycles. The molecule has 2 fully saturated rings. The lowest BCUT2D eigenvalue weighted by molar-refractivity contribution is -0.137. The highest BCUT2D eigenvalue weighted by molar-refractivity contribution is 5.93. The van der Waals surface area contributed by atoms with Crippen molar-refractivity contribution in [3.8, 4) is 0 Å². The number of para-hydroxylation sites is 1. The number of anilines is 1. The normalized spacial score (nSPS) is 19.9. The molecule has 2 amide bonds. The van der Waals surface area contributed by atoms with E-state index in [1.165, 1.54) is 18.2 Å². The van der Waals surface area contributed by atoms with Crippen LogP contribution in [-0.4, -0.2) is 78.4 Å². The molecule has 2 aliphatic rings. The van der Waals surface area contributed by atoms with Crippen molar-refractivity contribution in [2.75, 3.05) is 51.1 Å². The summed E-state index contributed by atoms with van der Waals surface area (Å²) in [6.07, 6.45) is -2.41. The number of alkyl halides is 3. The average molecular weight is 412 g/mol. The van der Waals surface area contributed by atoms with E-state index < -0.39 is 17.6 Å². The number of amides is 2. The fourth-order valence-corrected chi connectivity index (χ4v) is 3.90. The lowest BCUT2D eigenvalue weighted by Gasteiger charge is -2.38. The van der Waals surface area contributed by atoms with Crippen LogP contribution in [0, 0.1) is 0 Å². The molecular weight excluding hydrogens is 385 g/mol. The molecule has 0 unspecified atom stereocenters. The highest BCUT2D eigenvalue weighted by Crippen LogP contribution is 2.34. The van der Waals surface area contributed by atoms with Crippen LogP contribution in [0.15, 0.2) is 24.3 Å². The van der Waals surface area contributed by atoms with Gasteiger partial charge in [0.25, 0.3) is 0 Å². The number of likely N-dealkylation sites (tertiary alicyclic amines) is 1. The molecule has 3 rings (SSSR count). The first-order valence-electron chi connectivity index (χ1n) is 9.97. The second-order valence-electron chi connectivity index (χ2n) is 7.61. The summed E-state index contributed by atoms with van der Waals surface area (Å²) < 4.78 is 39.2. The maximum Gasteiger partial charge on any atom is 0.418 e. The van der Waals surface area contributed by atoms with Crippen LogP contribution in [0.5, 0.6) is 0 Å². The lowest BCUT2D eigenvalue weighted by atomic mass is 10.1. The summed E-state index contributed by atoms with van der Waals surface area (Å²) in [5.41, 5.74) is -1.08. The second kappa shape index (κ2) is 9.13. The molecule has 1 aromatic carbocycles. The van der Waals surface area contributed by atoms with Crippen LogP contribution in [0.1, 0.15) is 25.3 Å². The minimum Gasteiger partial charge on any atom is -0.341 e. The molecule has 2 heterocycles. The van der Waals surface area contributed by atoms with Gasteiger partial charge in [0.15, 0.2) is 0 Å². The Morgan fingerprint density at radius 3 is 2.28 bits per heavy atom. The van der Waals surface area contributed by atoms with E-state index in [9.17, 15) is 22.8 Å². The summed E-state index contributed by atoms with van der Waals surface area (Å²) in [6.45, 7) is 6.05. The summed E-state index contributed by atoms with van der Waals surface area (Å²) in [7, 11) is 0. The molecule has 1 atom stereocenters. The van der Waals surface area contributed by atoms with Crippen molar-refractivity contribution in [2.24, 2.45) is 0 Å². The first-order chi connectivity index (χ1) is 13.8. The van der Waals surface area contributed by atoms with Crippen molar-refractivity contribution in [2.45, 2.75) is 32.0 Å². The topological polar surface area (TPSA) is 55.9 Å². The van der Waals surface area contributed by atoms with Crippen molar-refractivity contribution in [3.63, 3.8) is 0 Å². The average Bonchev–Trinajstić information content (AvgIpc) is 3.22. The van der Waals surface area contributed by atoms with Gasteiger partial charge in [-0.2, -0.15) is 13.2 Å². The number of halogens is 3. The SMILES string of the molecule is C[C@H](C(=O)N1CCCC1)N1CCN(CC(=O)Nc2ccccc2C(F)(F)F)CC1. The predicted octanol–water partition coefficient (Wildman–Crippen LogP) is 2.27. The Kier molecular flexibility index (Phi) is 6.79. The number of nitrogens with zero attached hydrogens (tertiary/aromatic N) is 3. The largest absolute Gasteiger partial charge is 0.418 e. The molecule has 0 radical (unpaired) electrons. The van der Waals surface area contributed by atoms with Gasteiger partial charge in [0.1, 0.15) is 0 Å². The smallest absolute Gasteiger partial charge is 0.341 e. The van der Waals surface area contributed by atoms with Gasteiger partial charge in [0.05, 0.1) is 23.8 Å². The quantitative estimate of drug-likeness (QED) is 0.806. The van der Waals surface area contributed by atoms with Crippen LogP contribution in [0.3, 0.4) is 0 Å². The molecule has 1 N–H and O–H groups in total. The Labute approximate surface area is 168 Å². The Morgan fingerprint density at radius 1 is 1.03 bits per heavy atom. The van der Waals surface area contributed by atoms with E-state index in [0.29, 0.717) is 26.2 Å². The van der Waals surface area contributed by atoms with Crippen molar-refractivity contribution < 1.29 is 22.8 Å². The van der Waals surface area contributed by atoms with Crippen LogP contribution in [0.4, 0.5) is 18.9 Å². The monoisotopic (exact) mass is 412 g/mol. The Hall–Kier alpha value is -2.13. The molecule has 0 spiro atoms. The van der Waals surface area contributed by atoms with Gasteiger partial charge in [-0.1, -0.05) is 12.1 Å². The van der Waals surface area contributed by atoms with Crippen LogP contribution in [0.2, 0.25) is 0 Å². The van der Waals surface area contributed by atoms with Crippen molar-refractivity contribution in [1.82, 2.24) is 14.7 Å². The summed E-state index contributed by atoms with van der Waals surface area (Å²) in [5, 5.41) is 2.38. The van der Waals surface area contributed by atoms with E-state index >= 15 is 0 Å². The summed E-state index contributed by atoms with van der Waals surface area (Å²) in [5.74, 6) is -0.325. The first-order valence-corrected chi connectivity index (χ1v) is 9.97. The number of hydrogen-bond donors (Lipinski definition) is 1. The summed E-state index contributed by atoms with van der Waals surface area (Å²) >= 11 is 0. The highest BCUT2D eigenvalue weighted by atomic mass is 19.4. The zero-order valence-electron chi connectivity index (χ0n) is 16.5. The van der Waals surface area contributed by atoms with Crippen LogP contribution >= 0.6 is 0 Å². The number of piperazine rings is 1. The minimum atomic E-state index is -4.52. The zero-order valence-corrected chi connectivity index (χ0v) is 16.5. The molecular formula is C20H27F3N4O2. The second-order valence-corrected chi connectivity index (χ2v) is 7.61. The van der Waals surface area contributed by atoms with Crippen LogP contribution in [0.25, 0.3) is 0 Å². The van der Waals surface area contributed by atoms with Crippen molar-refractivity contribution >= 4 is 17.5 Å². The van der Waals surface area contributed by atoms with E-state index in [2.05, 4.69) is 10.2 Å². The number of rotatable bonds is 5. The maximum absolute atomic E-state index is 13.1. The fourth-order valence-electron chi connectivity index (χ4n) is 3.90. The molecule has 160 valence electrons. The van der Waals surface area contributed by atoms with Gasteiger partial charge >= 0.3 is 6.18 Å². The van der Waals surface area contributed by atoms with E-state index in [1.54, 1.807) is 0 Å². The Balaban J connectivity index is 1.48. The third-order valence-electron chi connectivity index (χ3n) is 5.60. The van der Waals surface area contributed by atoms with Crippen LogP contribution < -0.4 is 5.32 Å². The Morgan fingerprint density at radius 2 is 1.66 bits per heavy atom. The third-order valence-corrected chi connectivity index (χ3v) is 5.60. The standard InChI is InChI=1S/C20H27F3N4O2/c1-15(19(29)27-8-4-5-9-27)26-12-10-25(11-13-26)14-18(28)24-17-7-3-2-6-16(17)20(21,22)23/h2-3,6-7,15H,4-5,8-14H2,1H3,(H,24,28)/t15-/m1/s1. The van der Waals surface area contributed by atoms with Gasteiger partial charge in [-0.15, -0.1) is 0 Å². The van der Waals surface area contributed by atoms with Crippen molar-refractivity contribution in [3.05, 3.63) is 29.8 Å². The summed E-state index contributed by atoms with van der Waals surface area (Å²) in [6, 6.07) is 4.77. The predicted molar refractivity (Wildman–Crippen MR) is 103 cm³/mol. The highest BCUT2D eigenvalue weighted by Gasteiger charge is 2.34. The van der Waals surface area contributed by atoms with Gasteiger partial charge in [-0.05, 0) is 31.9 Å².